The van der Waals surface area contributed by atoms with Crippen LogP contribution in [0.2, 0.25) is 0 Å². The minimum atomic E-state index is 0.634. The lowest BCUT2D eigenvalue weighted by Gasteiger charge is -2.31. The first-order valence-corrected chi connectivity index (χ1v) is 6.49. The third kappa shape index (κ3) is 2.70. The van der Waals surface area contributed by atoms with E-state index in [0.29, 0.717) is 5.92 Å². The summed E-state index contributed by atoms with van der Waals surface area (Å²) in [5.41, 5.74) is 1.46. The molecule has 1 aliphatic carbocycles. The molecule has 1 fully saturated rings. The summed E-state index contributed by atoms with van der Waals surface area (Å²) in [6, 6.07) is 0. The van der Waals surface area contributed by atoms with Crippen LogP contribution < -0.4 is 0 Å². The van der Waals surface area contributed by atoms with Crippen molar-refractivity contribution >= 4 is 6.21 Å². The highest BCUT2D eigenvalue weighted by molar-refractivity contribution is 5.79. The van der Waals surface area contributed by atoms with Crippen molar-refractivity contribution in [3.63, 3.8) is 0 Å². The lowest BCUT2D eigenvalue weighted by molar-refractivity contribution is 0.269. The summed E-state index contributed by atoms with van der Waals surface area (Å²) in [6.07, 6.45) is 11.7. The maximum atomic E-state index is 4.53. The van der Waals surface area contributed by atoms with Gasteiger partial charge in [-0.1, -0.05) is 32.8 Å². The van der Waals surface area contributed by atoms with Crippen LogP contribution in [0.1, 0.15) is 46.0 Å². The summed E-state index contributed by atoms with van der Waals surface area (Å²) >= 11 is 0. The van der Waals surface area contributed by atoms with Crippen LogP contribution in [0.15, 0.2) is 16.6 Å². The minimum Gasteiger partial charge on any atom is -0.293 e. The van der Waals surface area contributed by atoms with Gasteiger partial charge < -0.3 is 0 Å². The van der Waals surface area contributed by atoms with Crippen LogP contribution in [-0.2, 0) is 0 Å². The highest BCUT2D eigenvalue weighted by Crippen LogP contribution is 2.35. The van der Waals surface area contributed by atoms with Crippen LogP contribution in [0, 0.1) is 17.8 Å². The van der Waals surface area contributed by atoms with E-state index in [1.807, 2.05) is 0 Å². The number of hydrogen-bond acceptors (Lipinski definition) is 1. The molecule has 0 aromatic rings. The number of rotatable bonds is 1. The zero-order chi connectivity index (χ0) is 10.7. The number of aliphatic imine (C=N–C) groups is 1. The Labute approximate surface area is 93.7 Å². The molecule has 1 nitrogen and oxygen atoms in total. The largest absolute Gasteiger partial charge is 0.293 e. The Morgan fingerprint density at radius 3 is 2.80 bits per heavy atom. The number of fused-ring (bicyclic) bond motifs is 1. The molecule has 1 heterocycles. The second kappa shape index (κ2) is 4.96. The molecule has 0 aromatic carbocycles. The highest BCUT2D eigenvalue weighted by Gasteiger charge is 2.24. The van der Waals surface area contributed by atoms with Crippen molar-refractivity contribution in [3.05, 3.63) is 11.6 Å². The van der Waals surface area contributed by atoms with Gasteiger partial charge in [0.25, 0.3) is 0 Å². The lowest BCUT2D eigenvalue weighted by Crippen LogP contribution is -2.21. The molecule has 0 saturated heterocycles. The van der Waals surface area contributed by atoms with E-state index < -0.39 is 0 Å². The van der Waals surface area contributed by atoms with Crippen molar-refractivity contribution < 1.29 is 0 Å². The van der Waals surface area contributed by atoms with Gasteiger partial charge in [-0.3, -0.25) is 4.99 Å². The van der Waals surface area contributed by atoms with E-state index in [4.69, 9.17) is 0 Å². The third-order valence-electron chi connectivity index (χ3n) is 3.91. The second-order valence-electron chi connectivity index (χ2n) is 5.35. The predicted molar refractivity (Wildman–Crippen MR) is 66.3 cm³/mol. The number of nitrogens with zero attached hydrogens (tertiary/aromatic N) is 1. The van der Waals surface area contributed by atoms with Gasteiger partial charge in [0.2, 0.25) is 0 Å². The Hall–Kier alpha value is -0.590. The normalized spacial score (nSPS) is 31.8. The molecule has 0 N–H and O–H groups in total. The van der Waals surface area contributed by atoms with Gasteiger partial charge in [-0.25, -0.2) is 0 Å². The minimum absolute atomic E-state index is 0.634. The molecule has 2 atom stereocenters. The predicted octanol–water partition coefficient (Wildman–Crippen LogP) is 3.85. The fourth-order valence-electron chi connectivity index (χ4n) is 2.86. The van der Waals surface area contributed by atoms with Crippen molar-refractivity contribution in [3.8, 4) is 0 Å². The second-order valence-corrected chi connectivity index (χ2v) is 5.35. The molecule has 84 valence electrons. The van der Waals surface area contributed by atoms with E-state index in [9.17, 15) is 0 Å². The van der Waals surface area contributed by atoms with Gasteiger partial charge in [0, 0.05) is 12.8 Å². The average Bonchev–Trinajstić information content (AvgIpc) is 2.18. The van der Waals surface area contributed by atoms with Crippen LogP contribution in [0.25, 0.3) is 0 Å². The van der Waals surface area contributed by atoms with Crippen molar-refractivity contribution in [2.24, 2.45) is 22.7 Å². The van der Waals surface area contributed by atoms with Crippen LogP contribution in [0.3, 0.4) is 0 Å². The molecule has 0 amide bonds. The van der Waals surface area contributed by atoms with E-state index in [2.05, 4.69) is 31.1 Å². The first-order valence-electron chi connectivity index (χ1n) is 6.49. The van der Waals surface area contributed by atoms with E-state index in [0.717, 1.165) is 18.4 Å². The van der Waals surface area contributed by atoms with Gasteiger partial charge in [0.15, 0.2) is 0 Å². The smallest absolute Gasteiger partial charge is 0.0392 e. The van der Waals surface area contributed by atoms with Crippen molar-refractivity contribution in [1.29, 1.82) is 0 Å². The van der Waals surface area contributed by atoms with E-state index in [1.165, 1.54) is 37.7 Å². The molecule has 1 saturated carbocycles. The maximum Gasteiger partial charge on any atom is 0.0392 e. The standard InChI is InChI=1S/C14H23N/c1-11(2)14-9-13-6-4-3-5-12(13)7-8-15-10-14/h9-13H,3-8H2,1-2H3. The fraction of sp³-hybridized carbons (Fsp3) is 0.786. The van der Waals surface area contributed by atoms with Gasteiger partial charge in [0.05, 0.1) is 0 Å². The van der Waals surface area contributed by atoms with Crippen LogP contribution in [-0.4, -0.2) is 12.8 Å². The molecule has 0 spiro atoms. The monoisotopic (exact) mass is 205 g/mol. The molecule has 2 unspecified atom stereocenters. The molecule has 2 rings (SSSR count). The molecule has 15 heavy (non-hydrogen) atoms. The molecule has 2 aliphatic rings. The average molecular weight is 205 g/mol. The summed E-state index contributed by atoms with van der Waals surface area (Å²) < 4.78 is 0. The number of hydrogen-bond donors (Lipinski definition) is 0. The fourth-order valence-corrected chi connectivity index (χ4v) is 2.86. The Kier molecular flexibility index (Phi) is 3.61. The summed E-state index contributed by atoms with van der Waals surface area (Å²) in [5, 5.41) is 0. The Balaban J connectivity index is 2.16. The quantitative estimate of drug-likeness (QED) is 0.616. The lowest BCUT2D eigenvalue weighted by atomic mass is 9.76. The van der Waals surface area contributed by atoms with E-state index in [-0.39, 0.29) is 0 Å². The zero-order valence-electron chi connectivity index (χ0n) is 10.1. The van der Waals surface area contributed by atoms with Crippen molar-refractivity contribution in [2.75, 3.05) is 6.54 Å². The van der Waals surface area contributed by atoms with Crippen LogP contribution >= 0.6 is 0 Å². The van der Waals surface area contributed by atoms with Crippen molar-refractivity contribution in [1.82, 2.24) is 0 Å². The Morgan fingerprint density at radius 2 is 2.00 bits per heavy atom. The summed E-state index contributed by atoms with van der Waals surface area (Å²) in [7, 11) is 0. The van der Waals surface area contributed by atoms with Gasteiger partial charge in [0.1, 0.15) is 0 Å². The van der Waals surface area contributed by atoms with Gasteiger partial charge in [-0.15, -0.1) is 0 Å². The van der Waals surface area contributed by atoms with Crippen LogP contribution in [0.4, 0.5) is 0 Å². The molecule has 0 radical (unpaired) electrons. The molecule has 0 aromatic heterocycles. The Bertz CT molecular complexity index is 263. The molecule has 1 aliphatic heterocycles. The molecular weight excluding hydrogens is 182 g/mol. The highest BCUT2D eigenvalue weighted by atomic mass is 14.7. The van der Waals surface area contributed by atoms with Crippen LogP contribution in [0.5, 0.6) is 0 Å². The summed E-state index contributed by atoms with van der Waals surface area (Å²) in [6.45, 7) is 5.60. The summed E-state index contributed by atoms with van der Waals surface area (Å²) in [4.78, 5) is 4.53. The van der Waals surface area contributed by atoms with E-state index >= 15 is 0 Å². The zero-order valence-corrected chi connectivity index (χ0v) is 10.1. The van der Waals surface area contributed by atoms with Gasteiger partial charge in [-0.05, 0) is 42.6 Å². The molecular formula is C14H23N. The maximum absolute atomic E-state index is 4.53. The van der Waals surface area contributed by atoms with E-state index in [1.54, 1.807) is 0 Å². The van der Waals surface area contributed by atoms with Gasteiger partial charge in [-0.2, -0.15) is 0 Å². The first kappa shape index (κ1) is 10.9. The number of allylic oxidation sites excluding steroid dienone is 2. The Morgan fingerprint density at radius 1 is 1.20 bits per heavy atom. The third-order valence-corrected chi connectivity index (χ3v) is 3.91. The SMILES string of the molecule is CC(C)C1=CC2CCCCC2CCN=C1. The summed E-state index contributed by atoms with van der Waals surface area (Å²) in [5.74, 6) is 2.40. The topological polar surface area (TPSA) is 12.4 Å². The van der Waals surface area contributed by atoms with Gasteiger partial charge >= 0.3 is 0 Å². The molecule has 0 bridgehead atoms. The molecule has 1 heteroatoms. The first-order chi connectivity index (χ1) is 7.27. The van der Waals surface area contributed by atoms with Crippen molar-refractivity contribution in [2.45, 2.75) is 46.0 Å².